The summed E-state index contributed by atoms with van der Waals surface area (Å²) in [6, 6.07) is 9.89. The summed E-state index contributed by atoms with van der Waals surface area (Å²) >= 11 is 5.90. The number of rotatable bonds is 6. The molecule has 0 aliphatic heterocycles. The van der Waals surface area contributed by atoms with E-state index in [-0.39, 0.29) is 15.7 Å². The molecule has 0 spiro atoms. The van der Waals surface area contributed by atoms with Gasteiger partial charge in [0.2, 0.25) is 0 Å². The average molecular weight is 326 g/mol. The van der Waals surface area contributed by atoms with Crippen LogP contribution >= 0.6 is 11.6 Å². The van der Waals surface area contributed by atoms with Crippen LogP contribution in [0.1, 0.15) is 12.0 Å². The number of nitrogens with one attached hydrogen (secondary N) is 1. The molecule has 0 bridgehead atoms. The minimum atomic E-state index is -3.69. The lowest BCUT2D eigenvalue weighted by Crippen LogP contribution is -2.14. The van der Waals surface area contributed by atoms with Crippen molar-refractivity contribution in [3.8, 4) is 0 Å². The molecular weight excluding hydrogens is 310 g/mol. The predicted molar refractivity (Wildman–Crippen MR) is 83.9 cm³/mol. The van der Waals surface area contributed by atoms with E-state index >= 15 is 0 Å². The molecule has 7 heteroatoms. The van der Waals surface area contributed by atoms with E-state index in [1.807, 2.05) is 0 Å². The molecule has 112 valence electrons. The molecule has 5 nitrogen and oxygen atoms in total. The van der Waals surface area contributed by atoms with E-state index in [9.17, 15) is 8.42 Å². The third-order valence-corrected chi connectivity index (χ3v) is 4.55. The minimum absolute atomic E-state index is 0.117. The molecule has 2 rings (SSSR count). The first-order chi connectivity index (χ1) is 10.0. The van der Waals surface area contributed by atoms with Crippen LogP contribution in [0.4, 0.5) is 5.82 Å². The zero-order valence-electron chi connectivity index (χ0n) is 11.3. The number of nitrogens with zero attached hydrogens (tertiary/aromatic N) is 1. The maximum Gasteiger partial charge on any atom is 0.263 e. The summed E-state index contributed by atoms with van der Waals surface area (Å²) < 4.78 is 26.9. The third kappa shape index (κ3) is 4.17. The van der Waals surface area contributed by atoms with Crippen LogP contribution in [0.5, 0.6) is 0 Å². The molecular formula is C14H16ClN3O2S. The Hall–Kier alpha value is -1.63. The molecule has 1 aromatic heterocycles. The largest absolute Gasteiger partial charge is 0.330 e. The zero-order valence-corrected chi connectivity index (χ0v) is 12.9. The summed E-state index contributed by atoms with van der Waals surface area (Å²) in [6.07, 6.45) is 3.17. The number of sulfonamides is 1. The first kappa shape index (κ1) is 15.8. The maximum atomic E-state index is 12.2. The Bertz CT molecular complexity index is 702. The summed E-state index contributed by atoms with van der Waals surface area (Å²) in [7, 11) is -3.69. The Morgan fingerprint density at radius 2 is 1.90 bits per heavy atom. The molecule has 0 radical (unpaired) electrons. The zero-order chi connectivity index (χ0) is 15.3. The Morgan fingerprint density at radius 1 is 1.19 bits per heavy atom. The van der Waals surface area contributed by atoms with Crippen molar-refractivity contribution in [3.63, 3.8) is 0 Å². The topological polar surface area (TPSA) is 85.1 Å². The van der Waals surface area contributed by atoms with Gasteiger partial charge in [0.25, 0.3) is 10.0 Å². The van der Waals surface area contributed by atoms with Crippen LogP contribution in [0.25, 0.3) is 0 Å². The van der Waals surface area contributed by atoms with Crippen LogP contribution < -0.4 is 10.5 Å². The highest BCUT2D eigenvalue weighted by Gasteiger charge is 2.16. The Balaban J connectivity index is 2.18. The number of hydrogen-bond donors (Lipinski definition) is 2. The normalized spacial score (nSPS) is 11.3. The number of aryl methyl sites for hydroxylation is 1. The van der Waals surface area contributed by atoms with Crippen molar-refractivity contribution in [1.82, 2.24) is 4.98 Å². The van der Waals surface area contributed by atoms with Gasteiger partial charge in [0, 0.05) is 6.20 Å². The van der Waals surface area contributed by atoms with E-state index in [1.165, 1.54) is 6.20 Å². The van der Waals surface area contributed by atoms with E-state index in [2.05, 4.69) is 9.71 Å². The summed E-state index contributed by atoms with van der Waals surface area (Å²) in [5, 5.41) is 0.251. The van der Waals surface area contributed by atoms with Crippen molar-refractivity contribution >= 4 is 27.4 Å². The second-order valence-electron chi connectivity index (χ2n) is 4.48. The van der Waals surface area contributed by atoms with Gasteiger partial charge in [0.1, 0.15) is 0 Å². The smallest absolute Gasteiger partial charge is 0.263 e. The van der Waals surface area contributed by atoms with Gasteiger partial charge in [-0.15, -0.1) is 0 Å². The van der Waals surface area contributed by atoms with Crippen molar-refractivity contribution in [1.29, 1.82) is 0 Å². The van der Waals surface area contributed by atoms with Crippen molar-refractivity contribution in [2.45, 2.75) is 17.7 Å². The van der Waals surface area contributed by atoms with Crippen LogP contribution in [0.3, 0.4) is 0 Å². The van der Waals surface area contributed by atoms with Crippen molar-refractivity contribution < 1.29 is 8.42 Å². The summed E-state index contributed by atoms with van der Waals surface area (Å²) in [4.78, 5) is 4.08. The first-order valence-corrected chi connectivity index (χ1v) is 8.31. The molecule has 0 aliphatic carbocycles. The summed E-state index contributed by atoms with van der Waals surface area (Å²) in [5.74, 6) is 0.117. The van der Waals surface area contributed by atoms with E-state index < -0.39 is 10.0 Å². The highest BCUT2D eigenvalue weighted by atomic mass is 35.5. The quantitative estimate of drug-likeness (QED) is 0.854. The summed E-state index contributed by atoms with van der Waals surface area (Å²) in [5.41, 5.74) is 6.50. The molecule has 3 N–H and O–H groups in total. The van der Waals surface area contributed by atoms with Gasteiger partial charge < -0.3 is 5.73 Å². The molecule has 0 fully saturated rings. The van der Waals surface area contributed by atoms with Gasteiger partial charge in [-0.1, -0.05) is 23.7 Å². The molecule has 0 unspecified atom stereocenters. The van der Waals surface area contributed by atoms with Crippen molar-refractivity contribution in [3.05, 3.63) is 53.2 Å². The third-order valence-electron chi connectivity index (χ3n) is 2.89. The SMILES string of the molecule is NCCCc1ccc(S(=O)(=O)Nc2ncccc2Cl)cc1. The van der Waals surface area contributed by atoms with E-state index in [0.717, 1.165) is 18.4 Å². The van der Waals surface area contributed by atoms with Gasteiger partial charge in [-0.3, -0.25) is 4.72 Å². The van der Waals surface area contributed by atoms with Crippen molar-refractivity contribution in [2.24, 2.45) is 5.73 Å². The monoisotopic (exact) mass is 325 g/mol. The number of anilines is 1. The Morgan fingerprint density at radius 3 is 2.52 bits per heavy atom. The van der Waals surface area contributed by atoms with Crippen LogP contribution in [0, 0.1) is 0 Å². The van der Waals surface area contributed by atoms with Crippen LogP contribution in [-0.2, 0) is 16.4 Å². The number of halogens is 1. The van der Waals surface area contributed by atoms with Gasteiger partial charge in [-0.05, 0) is 49.2 Å². The molecule has 0 atom stereocenters. The standard InChI is InChI=1S/C14H16ClN3O2S/c15-13-4-2-10-17-14(13)18-21(19,20)12-7-5-11(6-8-12)3-1-9-16/h2,4-8,10H,1,3,9,16H2,(H,17,18). The second-order valence-corrected chi connectivity index (χ2v) is 6.57. The van der Waals surface area contributed by atoms with E-state index in [0.29, 0.717) is 6.54 Å². The first-order valence-electron chi connectivity index (χ1n) is 6.45. The molecule has 0 amide bonds. The summed E-state index contributed by atoms with van der Waals surface area (Å²) in [6.45, 7) is 0.611. The second kappa shape index (κ2) is 6.89. The lowest BCUT2D eigenvalue weighted by Gasteiger charge is -2.09. The fourth-order valence-electron chi connectivity index (χ4n) is 1.79. The minimum Gasteiger partial charge on any atom is -0.330 e. The van der Waals surface area contributed by atoms with Gasteiger partial charge in [0.05, 0.1) is 9.92 Å². The van der Waals surface area contributed by atoms with Gasteiger partial charge in [0.15, 0.2) is 5.82 Å². The molecule has 1 aromatic carbocycles. The van der Waals surface area contributed by atoms with Gasteiger partial charge in [-0.25, -0.2) is 13.4 Å². The molecule has 2 aromatic rings. The molecule has 0 aliphatic rings. The van der Waals surface area contributed by atoms with Gasteiger partial charge in [-0.2, -0.15) is 0 Å². The van der Waals surface area contributed by atoms with E-state index in [4.69, 9.17) is 17.3 Å². The molecule has 0 saturated heterocycles. The Labute approximate surface area is 129 Å². The predicted octanol–water partition coefficient (Wildman–Crippen LogP) is 2.43. The number of aromatic nitrogens is 1. The Kier molecular flexibility index (Phi) is 5.17. The number of pyridine rings is 1. The average Bonchev–Trinajstić information content (AvgIpc) is 2.48. The highest BCUT2D eigenvalue weighted by Crippen LogP contribution is 2.21. The van der Waals surface area contributed by atoms with Crippen LogP contribution in [0.2, 0.25) is 5.02 Å². The van der Waals surface area contributed by atoms with Gasteiger partial charge >= 0.3 is 0 Å². The molecule has 21 heavy (non-hydrogen) atoms. The number of nitrogens with two attached hydrogens (primary N) is 1. The molecule has 0 saturated carbocycles. The lowest BCUT2D eigenvalue weighted by molar-refractivity contribution is 0.601. The van der Waals surface area contributed by atoms with Crippen molar-refractivity contribution in [2.75, 3.05) is 11.3 Å². The van der Waals surface area contributed by atoms with Crippen LogP contribution in [-0.4, -0.2) is 19.9 Å². The number of hydrogen-bond acceptors (Lipinski definition) is 4. The van der Waals surface area contributed by atoms with Crippen LogP contribution in [0.15, 0.2) is 47.5 Å². The van der Waals surface area contributed by atoms with E-state index in [1.54, 1.807) is 36.4 Å². The lowest BCUT2D eigenvalue weighted by atomic mass is 10.1. The maximum absolute atomic E-state index is 12.2. The fraction of sp³-hybridized carbons (Fsp3) is 0.214. The molecule has 1 heterocycles. The number of benzene rings is 1. The highest BCUT2D eigenvalue weighted by molar-refractivity contribution is 7.92. The fourth-order valence-corrected chi connectivity index (χ4v) is 3.04.